The molecule has 2 aromatic rings. The van der Waals surface area contributed by atoms with Crippen LogP contribution in [0.15, 0.2) is 54.6 Å². The van der Waals surface area contributed by atoms with Crippen molar-refractivity contribution in [1.82, 2.24) is 0 Å². The lowest BCUT2D eigenvalue weighted by molar-refractivity contribution is 0.343. The number of benzene rings is 2. The Hall–Kier alpha value is -1.57. The lowest BCUT2D eigenvalue weighted by atomic mass is 10.0. The number of rotatable bonds is 3. The summed E-state index contributed by atoms with van der Waals surface area (Å²) in [6.07, 6.45) is 3.63. The van der Waals surface area contributed by atoms with Gasteiger partial charge in [-0.25, -0.2) is 0 Å². The van der Waals surface area contributed by atoms with Crippen LogP contribution >= 0.6 is 11.6 Å². The van der Waals surface area contributed by atoms with Crippen molar-refractivity contribution in [3.8, 4) is 11.1 Å². The minimum absolute atomic E-state index is 0.0607. The summed E-state index contributed by atoms with van der Waals surface area (Å²) in [6.45, 7) is 0.0607. The van der Waals surface area contributed by atoms with E-state index in [2.05, 4.69) is 12.1 Å². The Kier molecular flexibility index (Phi) is 3.97. The van der Waals surface area contributed by atoms with Crippen LogP contribution in [0.1, 0.15) is 5.56 Å². The zero-order chi connectivity index (χ0) is 12.1. The maximum absolute atomic E-state index is 8.74. The van der Waals surface area contributed by atoms with Gasteiger partial charge in [0, 0.05) is 5.02 Å². The molecule has 1 nitrogen and oxygen atoms in total. The van der Waals surface area contributed by atoms with Gasteiger partial charge in [0.15, 0.2) is 0 Å². The highest BCUT2D eigenvalue weighted by Crippen LogP contribution is 2.22. The van der Waals surface area contributed by atoms with E-state index in [1.165, 1.54) is 0 Å². The summed E-state index contributed by atoms with van der Waals surface area (Å²) >= 11 is 5.86. The van der Waals surface area contributed by atoms with Crippen LogP contribution in [0.5, 0.6) is 0 Å². The summed E-state index contributed by atoms with van der Waals surface area (Å²) in [7, 11) is 0. The Bertz CT molecular complexity index is 515. The molecule has 0 aliphatic carbocycles. The summed E-state index contributed by atoms with van der Waals surface area (Å²) in [5.74, 6) is 0. The average molecular weight is 245 g/mol. The summed E-state index contributed by atoms with van der Waals surface area (Å²) in [5, 5.41) is 9.48. The van der Waals surface area contributed by atoms with Crippen molar-refractivity contribution in [1.29, 1.82) is 0 Å². The standard InChI is InChI=1S/C15H13ClO/c16-15-8-6-13(7-9-15)14-5-1-3-12(11-14)4-2-10-17/h1-9,11,17H,10H2. The monoisotopic (exact) mass is 244 g/mol. The van der Waals surface area contributed by atoms with E-state index in [0.717, 1.165) is 21.7 Å². The first-order valence-electron chi connectivity index (χ1n) is 5.43. The Morgan fingerprint density at radius 3 is 2.47 bits per heavy atom. The lowest BCUT2D eigenvalue weighted by Crippen LogP contribution is -1.80. The molecule has 0 saturated heterocycles. The van der Waals surface area contributed by atoms with Crippen molar-refractivity contribution < 1.29 is 5.11 Å². The maximum atomic E-state index is 8.74. The van der Waals surface area contributed by atoms with E-state index in [-0.39, 0.29) is 6.61 Å². The molecule has 0 radical (unpaired) electrons. The molecular formula is C15H13ClO. The second-order valence-corrected chi connectivity index (χ2v) is 4.15. The van der Waals surface area contributed by atoms with E-state index >= 15 is 0 Å². The number of hydrogen-bond donors (Lipinski definition) is 1. The van der Waals surface area contributed by atoms with E-state index in [4.69, 9.17) is 16.7 Å². The maximum Gasteiger partial charge on any atom is 0.0615 e. The van der Waals surface area contributed by atoms with Crippen molar-refractivity contribution in [3.63, 3.8) is 0 Å². The first kappa shape index (κ1) is 11.9. The molecule has 2 aromatic carbocycles. The number of aliphatic hydroxyl groups is 1. The van der Waals surface area contributed by atoms with Crippen LogP contribution in [0.25, 0.3) is 17.2 Å². The summed E-state index contributed by atoms with van der Waals surface area (Å²) in [5.41, 5.74) is 3.35. The van der Waals surface area contributed by atoms with Gasteiger partial charge in [0.1, 0.15) is 0 Å². The highest BCUT2D eigenvalue weighted by atomic mass is 35.5. The van der Waals surface area contributed by atoms with Gasteiger partial charge in [0.2, 0.25) is 0 Å². The number of halogens is 1. The molecule has 0 bridgehead atoms. The highest BCUT2D eigenvalue weighted by molar-refractivity contribution is 6.30. The predicted molar refractivity (Wildman–Crippen MR) is 73.0 cm³/mol. The van der Waals surface area contributed by atoms with Crippen molar-refractivity contribution in [3.05, 3.63) is 65.2 Å². The number of hydrogen-bond acceptors (Lipinski definition) is 1. The fraction of sp³-hybridized carbons (Fsp3) is 0.0667. The minimum Gasteiger partial charge on any atom is -0.392 e. The quantitative estimate of drug-likeness (QED) is 0.865. The van der Waals surface area contributed by atoms with Crippen LogP contribution < -0.4 is 0 Å². The summed E-state index contributed by atoms with van der Waals surface area (Å²) in [4.78, 5) is 0. The second kappa shape index (κ2) is 5.67. The number of aliphatic hydroxyl groups excluding tert-OH is 1. The van der Waals surface area contributed by atoms with Gasteiger partial charge in [0.25, 0.3) is 0 Å². The molecule has 2 heteroatoms. The van der Waals surface area contributed by atoms with Crippen LogP contribution in [-0.4, -0.2) is 11.7 Å². The fourth-order valence-electron chi connectivity index (χ4n) is 1.65. The van der Waals surface area contributed by atoms with E-state index < -0.39 is 0 Å². The van der Waals surface area contributed by atoms with Gasteiger partial charge in [0.05, 0.1) is 6.61 Å². The molecule has 0 amide bonds. The van der Waals surface area contributed by atoms with E-state index in [1.807, 2.05) is 42.5 Å². The molecule has 2 rings (SSSR count). The highest BCUT2D eigenvalue weighted by Gasteiger charge is 1.97. The van der Waals surface area contributed by atoms with Gasteiger partial charge < -0.3 is 5.11 Å². The normalized spacial score (nSPS) is 10.9. The first-order chi connectivity index (χ1) is 8.29. The lowest BCUT2D eigenvalue weighted by Gasteiger charge is -2.03. The smallest absolute Gasteiger partial charge is 0.0615 e. The Morgan fingerprint density at radius 2 is 1.76 bits per heavy atom. The summed E-state index contributed by atoms with van der Waals surface area (Å²) < 4.78 is 0. The molecule has 17 heavy (non-hydrogen) atoms. The molecule has 0 unspecified atom stereocenters. The van der Waals surface area contributed by atoms with Crippen LogP contribution in [0.4, 0.5) is 0 Å². The van der Waals surface area contributed by atoms with Crippen LogP contribution in [0.3, 0.4) is 0 Å². The second-order valence-electron chi connectivity index (χ2n) is 3.72. The van der Waals surface area contributed by atoms with Crippen molar-refractivity contribution in [2.75, 3.05) is 6.61 Å². The van der Waals surface area contributed by atoms with Crippen LogP contribution in [0.2, 0.25) is 5.02 Å². The van der Waals surface area contributed by atoms with Crippen molar-refractivity contribution >= 4 is 17.7 Å². The van der Waals surface area contributed by atoms with Gasteiger partial charge in [-0.05, 0) is 34.9 Å². The van der Waals surface area contributed by atoms with Gasteiger partial charge in [-0.1, -0.05) is 54.1 Å². The third-order valence-corrected chi connectivity index (χ3v) is 2.73. The third-order valence-electron chi connectivity index (χ3n) is 2.48. The topological polar surface area (TPSA) is 20.2 Å². The molecule has 0 aromatic heterocycles. The van der Waals surface area contributed by atoms with Gasteiger partial charge >= 0.3 is 0 Å². The van der Waals surface area contributed by atoms with Gasteiger partial charge in [-0.2, -0.15) is 0 Å². The molecule has 0 spiro atoms. The zero-order valence-electron chi connectivity index (χ0n) is 9.31. The Balaban J connectivity index is 2.32. The SMILES string of the molecule is OCC=Cc1cccc(-c2ccc(Cl)cc2)c1. The predicted octanol–water partition coefficient (Wildman–Crippen LogP) is 4.01. The largest absolute Gasteiger partial charge is 0.392 e. The van der Waals surface area contributed by atoms with Crippen molar-refractivity contribution in [2.45, 2.75) is 0 Å². The molecule has 0 aliphatic heterocycles. The zero-order valence-corrected chi connectivity index (χ0v) is 10.1. The van der Waals surface area contributed by atoms with Crippen molar-refractivity contribution in [2.24, 2.45) is 0 Å². The molecule has 0 atom stereocenters. The van der Waals surface area contributed by atoms with Gasteiger partial charge in [-0.15, -0.1) is 0 Å². The molecule has 1 N–H and O–H groups in total. The molecule has 0 fully saturated rings. The molecule has 0 aliphatic rings. The Labute approximate surface area is 106 Å². The Morgan fingerprint density at radius 1 is 1.00 bits per heavy atom. The molecule has 0 saturated carbocycles. The van der Waals surface area contributed by atoms with Crippen LogP contribution in [0, 0.1) is 0 Å². The van der Waals surface area contributed by atoms with E-state index in [9.17, 15) is 0 Å². The fourth-order valence-corrected chi connectivity index (χ4v) is 1.78. The van der Waals surface area contributed by atoms with Crippen LogP contribution in [-0.2, 0) is 0 Å². The molecule has 86 valence electrons. The molecule has 0 heterocycles. The van der Waals surface area contributed by atoms with E-state index in [1.54, 1.807) is 6.08 Å². The average Bonchev–Trinajstić information content (AvgIpc) is 2.37. The van der Waals surface area contributed by atoms with Gasteiger partial charge in [-0.3, -0.25) is 0 Å². The van der Waals surface area contributed by atoms with E-state index in [0.29, 0.717) is 0 Å². The molecular weight excluding hydrogens is 232 g/mol. The third kappa shape index (κ3) is 3.19. The first-order valence-corrected chi connectivity index (χ1v) is 5.81. The minimum atomic E-state index is 0.0607. The summed E-state index contributed by atoms with van der Waals surface area (Å²) in [6, 6.07) is 15.9.